The maximum atomic E-state index is 12.2. The molecule has 0 aromatic heterocycles. The fourth-order valence-electron chi connectivity index (χ4n) is 2.47. The van der Waals surface area contributed by atoms with Gasteiger partial charge in [-0.1, -0.05) is 76.3 Å². The van der Waals surface area contributed by atoms with Gasteiger partial charge in [-0.25, -0.2) is 4.57 Å². The highest BCUT2D eigenvalue weighted by molar-refractivity contribution is 8.14. The van der Waals surface area contributed by atoms with Crippen LogP contribution in [0.25, 0.3) is 0 Å². The second-order valence-electron chi connectivity index (χ2n) is 6.67. The Kier molecular flexibility index (Phi) is 18.7. The van der Waals surface area contributed by atoms with Gasteiger partial charge in [0.25, 0.3) is 0 Å². The number of unbranched alkanes of at least 4 members (excludes halogenated alkanes) is 6. The fourth-order valence-corrected chi connectivity index (χ4v) is 3.98. The van der Waals surface area contributed by atoms with Gasteiger partial charge in [-0.05, 0) is 19.3 Å². The van der Waals surface area contributed by atoms with E-state index in [1.807, 2.05) is 0 Å². The highest BCUT2D eigenvalue weighted by atomic mass is 32.2. The van der Waals surface area contributed by atoms with E-state index in [4.69, 9.17) is 9.26 Å². The van der Waals surface area contributed by atoms with Crippen molar-refractivity contribution in [2.75, 3.05) is 26.9 Å². The summed E-state index contributed by atoms with van der Waals surface area (Å²) in [5.41, 5.74) is 0. The van der Waals surface area contributed by atoms with Crippen molar-refractivity contribution in [2.45, 2.75) is 83.3 Å². The molecule has 0 aromatic carbocycles. The molecule has 1 unspecified atom stereocenters. The molecule has 0 aliphatic heterocycles. The van der Waals surface area contributed by atoms with Crippen LogP contribution in [0.5, 0.6) is 0 Å². The first-order valence-electron chi connectivity index (χ1n) is 10.4. The molecule has 0 bridgehead atoms. The lowest BCUT2D eigenvalue weighted by molar-refractivity contribution is -0.111. The van der Waals surface area contributed by atoms with Gasteiger partial charge in [0.15, 0.2) is 5.12 Å². The third-order valence-corrected chi connectivity index (χ3v) is 6.08. The van der Waals surface area contributed by atoms with Crippen molar-refractivity contribution in [1.82, 2.24) is 0 Å². The predicted octanol–water partition coefficient (Wildman–Crippen LogP) is 5.89. The maximum absolute atomic E-state index is 12.2. The van der Waals surface area contributed by atoms with Crippen LogP contribution in [0.15, 0.2) is 12.2 Å². The van der Waals surface area contributed by atoms with Gasteiger partial charge < -0.3 is 9.63 Å². The number of rotatable bonds is 19. The number of thioether (sulfide) groups is 1. The molecule has 0 spiro atoms. The Labute approximate surface area is 175 Å². The lowest BCUT2D eigenvalue weighted by Crippen LogP contribution is -2.21. The number of phosphoric acid groups is 1. The quantitative estimate of drug-likeness (QED) is 0.153. The monoisotopic (exact) mass is 438 g/mol. The smallest absolute Gasteiger partial charge is 0.380 e. The minimum atomic E-state index is -4.06. The van der Waals surface area contributed by atoms with Crippen molar-refractivity contribution in [3.63, 3.8) is 0 Å². The summed E-state index contributed by atoms with van der Waals surface area (Å²) < 4.78 is 26.5. The molecule has 2 atom stereocenters. The first-order chi connectivity index (χ1) is 13.4. The minimum Gasteiger partial charge on any atom is -0.380 e. The zero-order chi connectivity index (χ0) is 21.1. The van der Waals surface area contributed by atoms with Gasteiger partial charge in [-0.3, -0.25) is 13.8 Å². The normalized spacial score (nSPS) is 15.0. The molecule has 8 heteroatoms. The number of allylic oxidation sites excluding steroid dienone is 1. The molecule has 0 aliphatic carbocycles. The van der Waals surface area contributed by atoms with Gasteiger partial charge in [0.1, 0.15) is 0 Å². The third-order valence-electron chi connectivity index (χ3n) is 4.07. The standard InChI is InChI=1S/C20H39O6PS/c1-4-6-8-10-11-12-13-15-20(21)28-19(18-26-27(22,23)24-3)17-25-16-14-9-7-5-2/h7,9,19H,4-6,8,10-18H2,1-3H3,(H,22,23)/b9-7-/t19-/m0/s1. The SMILES string of the molecule is CC/C=C\CCOC[C@@H](COP(=O)(O)OC)SC(=O)CCCCCCCCC. The summed E-state index contributed by atoms with van der Waals surface area (Å²) in [7, 11) is -2.94. The Morgan fingerprint density at radius 2 is 1.75 bits per heavy atom. The number of hydrogen-bond acceptors (Lipinski definition) is 6. The number of hydrogen-bond donors (Lipinski definition) is 1. The van der Waals surface area contributed by atoms with Crippen molar-refractivity contribution in [1.29, 1.82) is 0 Å². The van der Waals surface area contributed by atoms with Gasteiger partial charge in [0.05, 0.1) is 25.1 Å². The van der Waals surface area contributed by atoms with Crippen LogP contribution in [0, 0.1) is 0 Å². The predicted molar refractivity (Wildman–Crippen MR) is 117 cm³/mol. The zero-order valence-corrected chi connectivity index (χ0v) is 19.5. The average Bonchev–Trinajstić information content (AvgIpc) is 2.68. The molecule has 166 valence electrons. The molecule has 0 amide bonds. The van der Waals surface area contributed by atoms with E-state index in [0.29, 0.717) is 13.0 Å². The highest BCUT2D eigenvalue weighted by Gasteiger charge is 2.23. The summed E-state index contributed by atoms with van der Waals surface area (Å²) in [6.45, 7) is 5.03. The molecule has 0 fully saturated rings. The summed E-state index contributed by atoms with van der Waals surface area (Å²) >= 11 is 1.14. The summed E-state index contributed by atoms with van der Waals surface area (Å²) in [6.07, 6.45) is 14.5. The first kappa shape index (κ1) is 27.8. The van der Waals surface area contributed by atoms with E-state index in [1.54, 1.807) is 0 Å². The van der Waals surface area contributed by atoms with Gasteiger partial charge in [0.2, 0.25) is 0 Å². The molecule has 28 heavy (non-hydrogen) atoms. The molecule has 0 aliphatic rings. The van der Waals surface area contributed by atoms with Gasteiger partial charge >= 0.3 is 7.82 Å². The topological polar surface area (TPSA) is 82.1 Å². The van der Waals surface area contributed by atoms with E-state index >= 15 is 0 Å². The lowest BCUT2D eigenvalue weighted by atomic mass is 10.1. The first-order valence-corrected chi connectivity index (χ1v) is 12.8. The van der Waals surface area contributed by atoms with Crippen LogP contribution in [0.3, 0.4) is 0 Å². The number of carbonyl (C=O) groups excluding carboxylic acids is 1. The minimum absolute atomic E-state index is 0.0696. The van der Waals surface area contributed by atoms with Crippen LogP contribution in [-0.2, 0) is 23.1 Å². The van der Waals surface area contributed by atoms with E-state index in [-0.39, 0.29) is 23.6 Å². The Hall–Kier alpha value is -0.170. The molecular weight excluding hydrogens is 399 g/mol. The summed E-state index contributed by atoms with van der Waals surface area (Å²) in [5.74, 6) is 0. The largest absolute Gasteiger partial charge is 0.471 e. The van der Waals surface area contributed by atoms with Crippen molar-refractivity contribution in [3.8, 4) is 0 Å². The molecule has 0 heterocycles. The Morgan fingerprint density at radius 3 is 2.39 bits per heavy atom. The summed E-state index contributed by atoms with van der Waals surface area (Å²) in [6, 6.07) is 0. The second-order valence-corrected chi connectivity index (χ2v) is 9.59. The van der Waals surface area contributed by atoms with E-state index in [1.165, 1.54) is 32.1 Å². The van der Waals surface area contributed by atoms with Crippen molar-refractivity contribution in [2.24, 2.45) is 0 Å². The van der Waals surface area contributed by atoms with Crippen LogP contribution in [-0.4, -0.2) is 42.2 Å². The third kappa shape index (κ3) is 17.9. The molecule has 1 N–H and O–H groups in total. The van der Waals surface area contributed by atoms with E-state index < -0.39 is 7.82 Å². The van der Waals surface area contributed by atoms with Crippen LogP contribution >= 0.6 is 19.6 Å². The van der Waals surface area contributed by atoms with Crippen molar-refractivity contribution < 1.29 is 28.0 Å². The Bertz CT molecular complexity index is 458. The molecular formula is C20H39O6PS. The van der Waals surface area contributed by atoms with Crippen molar-refractivity contribution >= 4 is 24.7 Å². The van der Waals surface area contributed by atoms with Crippen LogP contribution in [0.4, 0.5) is 0 Å². The highest BCUT2D eigenvalue weighted by Crippen LogP contribution is 2.42. The second kappa shape index (κ2) is 18.8. The van der Waals surface area contributed by atoms with E-state index in [0.717, 1.165) is 44.6 Å². The lowest BCUT2D eigenvalue weighted by Gasteiger charge is -2.17. The number of carbonyl (C=O) groups is 1. The summed E-state index contributed by atoms with van der Waals surface area (Å²) in [5, 5.41) is -0.260. The zero-order valence-electron chi connectivity index (χ0n) is 17.8. The Morgan fingerprint density at radius 1 is 1.07 bits per heavy atom. The molecule has 0 rings (SSSR count). The van der Waals surface area contributed by atoms with E-state index in [2.05, 4.69) is 30.5 Å². The molecule has 0 radical (unpaired) electrons. The van der Waals surface area contributed by atoms with Crippen LogP contribution in [0.1, 0.15) is 78.1 Å². The maximum Gasteiger partial charge on any atom is 0.471 e. The van der Waals surface area contributed by atoms with E-state index in [9.17, 15) is 14.3 Å². The summed E-state index contributed by atoms with van der Waals surface area (Å²) in [4.78, 5) is 21.6. The molecule has 0 aromatic rings. The molecule has 6 nitrogen and oxygen atoms in total. The molecule has 0 saturated heterocycles. The Balaban J connectivity index is 4.20. The van der Waals surface area contributed by atoms with Crippen LogP contribution in [0.2, 0.25) is 0 Å². The van der Waals surface area contributed by atoms with Crippen LogP contribution < -0.4 is 0 Å². The molecule has 0 saturated carbocycles. The van der Waals surface area contributed by atoms with Gasteiger partial charge in [-0.2, -0.15) is 0 Å². The average molecular weight is 439 g/mol. The van der Waals surface area contributed by atoms with Gasteiger partial charge in [0, 0.05) is 13.5 Å². The number of ether oxygens (including phenoxy) is 1. The fraction of sp³-hybridized carbons (Fsp3) is 0.850. The number of phosphoric ester groups is 1. The van der Waals surface area contributed by atoms with Crippen molar-refractivity contribution in [3.05, 3.63) is 12.2 Å². The van der Waals surface area contributed by atoms with Gasteiger partial charge in [-0.15, -0.1) is 0 Å².